The molecule has 1 heterocycles. The second kappa shape index (κ2) is 7.26. The maximum Gasteiger partial charge on any atom is 0.303 e. The molecule has 1 saturated heterocycles. The molecule has 1 aliphatic carbocycles. The summed E-state index contributed by atoms with van der Waals surface area (Å²) in [6, 6.07) is 0. The maximum absolute atomic E-state index is 11.5. The van der Waals surface area contributed by atoms with Gasteiger partial charge in [0, 0.05) is 26.2 Å². The zero-order chi connectivity index (χ0) is 18.1. The summed E-state index contributed by atoms with van der Waals surface area (Å²) < 4.78 is 16.7. The van der Waals surface area contributed by atoms with Crippen molar-refractivity contribution < 1.29 is 23.8 Å². The Labute approximate surface area is 144 Å². The van der Waals surface area contributed by atoms with Crippen LogP contribution in [0.5, 0.6) is 0 Å². The first-order valence-electron chi connectivity index (χ1n) is 8.81. The number of esters is 2. The summed E-state index contributed by atoms with van der Waals surface area (Å²) in [5.74, 6) is -0.0513. The van der Waals surface area contributed by atoms with Crippen LogP contribution >= 0.6 is 0 Å². The van der Waals surface area contributed by atoms with Crippen LogP contribution < -0.4 is 0 Å². The molecule has 2 fully saturated rings. The Balaban J connectivity index is 2.11. The first-order valence-corrected chi connectivity index (χ1v) is 8.81. The van der Waals surface area contributed by atoms with Gasteiger partial charge in [0.05, 0.1) is 11.7 Å². The molecule has 0 bridgehead atoms. The Bertz CT molecular complexity index is 510. The molecule has 0 radical (unpaired) electrons. The van der Waals surface area contributed by atoms with Gasteiger partial charge < -0.3 is 14.2 Å². The second-order valence-electron chi connectivity index (χ2n) is 7.79. The molecule has 5 nitrogen and oxygen atoms in total. The van der Waals surface area contributed by atoms with E-state index in [1.54, 1.807) is 0 Å². The van der Waals surface area contributed by atoms with Crippen LogP contribution in [-0.2, 0) is 23.8 Å². The molecule has 0 aromatic carbocycles. The Morgan fingerprint density at radius 2 is 1.88 bits per heavy atom. The molecule has 0 aromatic heterocycles. The lowest BCUT2D eigenvalue weighted by molar-refractivity contribution is -0.153. The molecule has 2 aliphatic rings. The van der Waals surface area contributed by atoms with Crippen LogP contribution in [0.4, 0.5) is 0 Å². The Morgan fingerprint density at radius 3 is 2.38 bits per heavy atom. The quantitative estimate of drug-likeness (QED) is 0.422. The van der Waals surface area contributed by atoms with Crippen molar-refractivity contribution >= 4 is 11.9 Å². The first-order chi connectivity index (χ1) is 11.1. The predicted molar refractivity (Wildman–Crippen MR) is 90.3 cm³/mol. The van der Waals surface area contributed by atoms with Crippen LogP contribution in [0.1, 0.15) is 60.3 Å². The molecule has 1 aliphatic heterocycles. The molecular formula is C19H30O5. The highest BCUT2D eigenvalue weighted by Crippen LogP contribution is 2.42. The van der Waals surface area contributed by atoms with Gasteiger partial charge in [-0.15, -0.1) is 0 Å². The fourth-order valence-corrected chi connectivity index (χ4v) is 3.67. The fourth-order valence-electron chi connectivity index (χ4n) is 3.67. The monoisotopic (exact) mass is 338 g/mol. The minimum Gasteiger partial charge on any atom is -0.462 e. The molecule has 136 valence electrons. The zero-order valence-electron chi connectivity index (χ0n) is 15.5. The van der Waals surface area contributed by atoms with Gasteiger partial charge in [-0.1, -0.05) is 13.5 Å². The van der Waals surface area contributed by atoms with Crippen molar-refractivity contribution in [3.8, 4) is 0 Å². The van der Waals surface area contributed by atoms with Gasteiger partial charge in [-0.05, 0) is 44.6 Å². The summed E-state index contributed by atoms with van der Waals surface area (Å²) in [4.78, 5) is 23.0. The SMILES string of the molecule is C=C([C@H](C[C@H]1OC1(C)C)OC(C)=O)[C@@H]1C[C@@H](C)CC[C@H]1OC(C)=O. The molecule has 5 atom stereocenters. The van der Waals surface area contributed by atoms with Crippen LogP contribution in [-0.4, -0.2) is 35.9 Å². The number of epoxide rings is 1. The van der Waals surface area contributed by atoms with Gasteiger partial charge in [0.25, 0.3) is 0 Å². The second-order valence-corrected chi connectivity index (χ2v) is 7.79. The Kier molecular flexibility index (Phi) is 5.74. The van der Waals surface area contributed by atoms with Crippen molar-refractivity contribution in [1.29, 1.82) is 0 Å². The number of carbonyl (C=O) groups excluding carboxylic acids is 2. The van der Waals surface area contributed by atoms with E-state index in [0.29, 0.717) is 12.3 Å². The van der Waals surface area contributed by atoms with Crippen molar-refractivity contribution in [2.24, 2.45) is 11.8 Å². The fraction of sp³-hybridized carbons (Fsp3) is 0.789. The standard InChI is InChI=1S/C19H30O5/c1-11-7-8-16(22-13(3)20)15(9-11)12(2)17(23-14(4)21)10-18-19(5,6)24-18/h11,15-18H,2,7-10H2,1,3-6H3/t11-,15-,16+,17-,18+/m0/s1. The molecule has 5 heteroatoms. The number of hydrogen-bond acceptors (Lipinski definition) is 5. The average molecular weight is 338 g/mol. The smallest absolute Gasteiger partial charge is 0.303 e. The molecule has 0 amide bonds. The summed E-state index contributed by atoms with van der Waals surface area (Å²) in [5, 5.41) is 0. The van der Waals surface area contributed by atoms with E-state index in [1.807, 2.05) is 13.8 Å². The summed E-state index contributed by atoms with van der Waals surface area (Å²) in [6.07, 6.45) is 2.82. The third-order valence-corrected chi connectivity index (χ3v) is 5.16. The summed E-state index contributed by atoms with van der Waals surface area (Å²) in [5.41, 5.74) is 0.669. The van der Waals surface area contributed by atoms with Crippen molar-refractivity contribution in [2.45, 2.75) is 84.2 Å². The average Bonchev–Trinajstić information content (AvgIpc) is 3.05. The Morgan fingerprint density at radius 1 is 1.25 bits per heavy atom. The molecule has 1 saturated carbocycles. The van der Waals surface area contributed by atoms with Crippen molar-refractivity contribution in [3.63, 3.8) is 0 Å². The normalized spacial score (nSPS) is 32.5. The van der Waals surface area contributed by atoms with Gasteiger partial charge in [0.15, 0.2) is 0 Å². The van der Waals surface area contributed by atoms with E-state index in [0.717, 1.165) is 24.8 Å². The van der Waals surface area contributed by atoms with E-state index in [9.17, 15) is 9.59 Å². The van der Waals surface area contributed by atoms with Crippen molar-refractivity contribution in [3.05, 3.63) is 12.2 Å². The van der Waals surface area contributed by atoms with Crippen LogP contribution in [0.3, 0.4) is 0 Å². The highest BCUT2D eigenvalue weighted by molar-refractivity contribution is 5.67. The van der Waals surface area contributed by atoms with Crippen molar-refractivity contribution in [1.82, 2.24) is 0 Å². The van der Waals surface area contributed by atoms with Gasteiger partial charge >= 0.3 is 11.9 Å². The highest BCUT2D eigenvalue weighted by atomic mass is 16.6. The van der Waals surface area contributed by atoms with Crippen LogP contribution in [0.25, 0.3) is 0 Å². The third kappa shape index (κ3) is 4.82. The number of carbonyl (C=O) groups is 2. The van der Waals surface area contributed by atoms with Gasteiger partial charge in [-0.2, -0.15) is 0 Å². The number of ether oxygens (including phenoxy) is 3. The van der Waals surface area contributed by atoms with E-state index in [1.165, 1.54) is 13.8 Å². The van der Waals surface area contributed by atoms with Gasteiger partial charge in [0.2, 0.25) is 0 Å². The van der Waals surface area contributed by atoms with Crippen LogP contribution in [0.15, 0.2) is 12.2 Å². The minimum atomic E-state index is -0.400. The molecule has 2 rings (SSSR count). The summed E-state index contributed by atoms with van der Waals surface area (Å²) in [6.45, 7) is 13.3. The molecule has 0 N–H and O–H groups in total. The lowest BCUT2D eigenvalue weighted by Gasteiger charge is -2.37. The minimum absolute atomic E-state index is 0.0175. The van der Waals surface area contributed by atoms with Crippen molar-refractivity contribution in [2.75, 3.05) is 0 Å². The molecule has 24 heavy (non-hydrogen) atoms. The highest BCUT2D eigenvalue weighted by Gasteiger charge is 2.50. The van der Waals surface area contributed by atoms with Gasteiger partial charge in [-0.3, -0.25) is 9.59 Å². The van der Waals surface area contributed by atoms with E-state index >= 15 is 0 Å². The van der Waals surface area contributed by atoms with Crippen LogP contribution in [0.2, 0.25) is 0 Å². The molecule has 0 unspecified atom stereocenters. The number of rotatable bonds is 6. The predicted octanol–water partition coefficient (Wildman–Crippen LogP) is 3.41. The Hall–Kier alpha value is -1.36. The van der Waals surface area contributed by atoms with Gasteiger partial charge in [0.1, 0.15) is 12.2 Å². The summed E-state index contributed by atoms with van der Waals surface area (Å²) >= 11 is 0. The lowest BCUT2D eigenvalue weighted by atomic mass is 9.75. The van der Waals surface area contributed by atoms with E-state index in [4.69, 9.17) is 14.2 Å². The largest absolute Gasteiger partial charge is 0.462 e. The zero-order valence-corrected chi connectivity index (χ0v) is 15.5. The number of hydrogen-bond donors (Lipinski definition) is 0. The van der Waals surface area contributed by atoms with E-state index in [2.05, 4.69) is 13.5 Å². The topological polar surface area (TPSA) is 65.1 Å². The van der Waals surface area contributed by atoms with E-state index < -0.39 is 6.10 Å². The molecular weight excluding hydrogens is 308 g/mol. The maximum atomic E-state index is 11.5. The molecule has 0 spiro atoms. The van der Waals surface area contributed by atoms with Gasteiger partial charge in [-0.25, -0.2) is 0 Å². The molecule has 0 aromatic rings. The third-order valence-electron chi connectivity index (χ3n) is 5.16. The van der Waals surface area contributed by atoms with E-state index in [-0.39, 0.29) is 35.7 Å². The first kappa shape index (κ1) is 19.0. The lowest BCUT2D eigenvalue weighted by Crippen LogP contribution is -2.37. The summed E-state index contributed by atoms with van der Waals surface area (Å²) in [7, 11) is 0. The van der Waals surface area contributed by atoms with Crippen LogP contribution in [0, 0.1) is 11.8 Å².